The second kappa shape index (κ2) is 5.72. The van der Waals surface area contributed by atoms with Crippen molar-refractivity contribution >= 4 is 0 Å². The minimum Gasteiger partial charge on any atom is -0.384 e. The minimum absolute atomic E-state index is 0.549. The molecule has 1 rings (SSSR count). The van der Waals surface area contributed by atoms with Crippen molar-refractivity contribution in [1.82, 2.24) is 15.3 Å². The molecule has 0 aliphatic heterocycles. The number of rotatable bonds is 6. The first-order valence-corrected chi connectivity index (χ1v) is 4.50. The minimum atomic E-state index is 0.549. The van der Waals surface area contributed by atoms with Crippen molar-refractivity contribution in [3.8, 4) is 0 Å². The molecule has 0 radical (unpaired) electrons. The summed E-state index contributed by atoms with van der Waals surface area (Å²) in [7, 11) is 1.73. The highest BCUT2D eigenvalue weighted by atomic mass is 16.5. The fourth-order valence-corrected chi connectivity index (χ4v) is 1.18. The molecule has 13 heavy (non-hydrogen) atoms. The van der Waals surface area contributed by atoms with E-state index in [0.717, 1.165) is 25.4 Å². The Bertz CT molecular complexity index is 211. The highest BCUT2D eigenvalue weighted by Crippen LogP contribution is 1.94. The Balaban J connectivity index is 2.07. The van der Waals surface area contributed by atoms with Gasteiger partial charge in [0.15, 0.2) is 0 Å². The molecule has 0 amide bonds. The number of H-pyrrole nitrogens is 1. The zero-order valence-corrected chi connectivity index (χ0v) is 8.21. The second-order valence-corrected chi connectivity index (χ2v) is 3.27. The van der Waals surface area contributed by atoms with Gasteiger partial charge in [0, 0.05) is 38.7 Å². The van der Waals surface area contributed by atoms with E-state index < -0.39 is 0 Å². The number of nitrogens with zero attached hydrogens (tertiary/aromatic N) is 1. The van der Waals surface area contributed by atoms with E-state index in [4.69, 9.17) is 4.74 Å². The van der Waals surface area contributed by atoms with Crippen LogP contribution >= 0.6 is 0 Å². The van der Waals surface area contributed by atoms with Crippen LogP contribution in [0, 0.1) is 5.92 Å². The van der Waals surface area contributed by atoms with Gasteiger partial charge in [0.2, 0.25) is 0 Å². The summed E-state index contributed by atoms with van der Waals surface area (Å²) in [5, 5.41) is 3.32. The van der Waals surface area contributed by atoms with Crippen molar-refractivity contribution in [2.75, 3.05) is 20.3 Å². The predicted octanol–water partition coefficient (Wildman–Crippen LogP) is 0.782. The van der Waals surface area contributed by atoms with Crippen LogP contribution in [0.15, 0.2) is 12.5 Å². The van der Waals surface area contributed by atoms with Gasteiger partial charge in [-0.2, -0.15) is 0 Å². The van der Waals surface area contributed by atoms with Crippen LogP contribution < -0.4 is 5.32 Å². The van der Waals surface area contributed by atoms with Gasteiger partial charge in [-0.1, -0.05) is 6.92 Å². The van der Waals surface area contributed by atoms with Gasteiger partial charge in [-0.25, -0.2) is 4.98 Å². The van der Waals surface area contributed by atoms with Gasteiger partial charge in [-0.15, -0.1) is 0 Å². The Labute approximate surface area is 78.7 Å². The summed E-state index contributed by atoms with van der Waals surface area (Å²) in [5.41, 5.74) is 1.12. The maximum Gasteiger partial charge on any atom is 0.0922 e. The predicted molar refractivity (Wildman–Crippen MR) is 51.3 cm³/mol. The molecule has 0 aliphatic rings. The Morgan fingerprint density at radius 1 is 1.69 bits per heavy atom. The van der Waals surface area contributed by atoms with Crippen molar-refractivity contribution < 1.29 is 4.74 Å². The first-order valence-electron chi connectivity index (χ1n) is 4.50. The maximum atomic E-state index is 5.03. The standard InChI is InChI=1S/C9H17N3O/c1-8(6-13-2)3-10-4-9-5-11-7-12-9/h5,7-8,10H,3-4,6H2,1-2H3,(H,11,12). The summed E-state index contributed by atoms with van der Waals surface area (Å²) in [4.78, 5) is 6.97. The monoisotopic (exact) mass is 183 g/mol. The van der Waals surface area contributed by atoms with Crippen molar-refractivity contribution in [2.24, 2.45) is 5.92 Å². The molecule has 4 heteroatoms. The molecule has 74 valence electrons. The second-order valence-electron chi connectivity index (χ2n) is 3.27. The first kappa shape index (κ1) is 10.2. The zero-order chi connectivity index (χ0) is 9.52. The number of aromatic nitrogens is 2. The van der Waals surface area contributed by atoms with Crippen molar-refractivity contribution in [2.45, 2.75) is 13.5 Å². The number of nitrogens with one attached hydrogen (secondary N) is 2. The van der Waals surface area contributed by atoms with E-state index in [-0.39, 0.29) is 0 Å². The maximum absolute atomic E-state index is 5.03. The third-order valence-electron chi connectivity index (χ3n) is 1.81. The van der Waals surface area contributed by atoms with Crippen LogP contribution in [-0.4, -0.2) is 30.2 Å². The van der Waals surface area contributed by atoms with Crippen LogP contribution in [0.4, 0.5) is 0 Å². The van der Waals surface area contributed by atoms with Gasteiger partial charge in [-0.05, 0) is 5.92 Å². The lowest BCUT2D eigenvalue weighted by Gasteiger charge is -2.10. The van der Waals surface area contributed by atoms with Gasteiger partial charge in [0.05, 0.1) is 6.33 Å². The lowest BCUT2D eigenvalue weighted by Crippen LogP contribution is -2.23. The normalized spacial score (nSPS) is 13.1. The number of aromatic amines is 1. The molecule has 0 saturated heterocycles. The highest BCUT2D eigenvalue weighted by molar-refractivity contribution is 4.92. The third-order valence-corrected chi connectivity index (χ3v) is 1.81. The molecular formula is C9H17N3O. The smallest absolute Gasteiger partial charge is 0.0922 e. The third kappa shape index (κ3) is 4.05. The number of ether oxygens (including phenoxy) is 1. The Morgan fingerprint density at radius 2 is 2.54 bits per heavy atom. The quantitative estimate of drug-likeness (QED) is 0.685. The fourth-order valence-electron chi connectivity index (χ4n) is 1.18. The SMILES string of the molecule is COCC(C)CNCc1cnc[nH]1. The molecule has 0 aromatic carbocycles. The molecule has 0 fully saturated rings. The van der Waals surface area contributed by atoms with Crippen LogP contribution in [0.25, 0.3) is 0 Å². The van der Waals surface area contributed by atoms with Crippen molar-refractivity contribution in [3.05, 3.63) is 18.2 Å². The van der Waals surface area contributed by atoms with Gasteiger partial charge in [0.25, 0.3) is 0 Å². The highest BCUT2D eigenvalue weighted by Gasteiger charge is 2.00. The van der Waals surface area contributed by atoms with Gasteiger partial charge in [0.1, 0.15) is 0 Å². The van der Waals surface area contributed by atoms with E-state index in [1.807, 2.05) is 6.20 Å². The molecule has 1 aromatic heterocycles. The van der Waals surface area contributed by atoms with Gasteiger partial charge >= 0.3 is 0 Å². The molecule has 1 unspecified atom stereocenters. The van der Waals surface area contributed by atoms with E-state index >= 15 is 0 Å². The average Bonchev–Trinajstić information content (AvgIpc) is 2.57. The summed E-state index contributed by atoms with van der Waals surface area (Å²) in [6.45, 7) is 4.76. The average molecular weight is 183 g/mol. The number of hydrogen-bond acceptors (Lipinski definition) is 3. The first-order chi connectivity index (χ1) is 6.33. The molecule has 1 heterocycles. The topological polar surface area (TPSA) is 49.9 Å². The lowest BCUT2D eigenvalue weighted by molar-refractivity contribution is 0.158. The lowest BCUT2D eigenvalue weighted by atomic mass is 10.2. The molecule has 1 atom stereocenters. The fraction of sp³-hybridized carbons (Fsp3) is 0.667. The van der Waals surface area contributed by atoms with E-state index in [0.29, 0.717) is 5.92 Å². The number of methoxy groups -OCH3 is 1. The molecular weight excluding hydrogens is 166 g/mol. The number of hydrogen-bond donors (Lipinski definition) is 2. The van der Waals surface area contributed by atoms with E-state index in [1.165, 1.54) is 0 Å². The van der Waals surface area contributed by atoms with Crippen LogP contribution in [0.2, 0.25) is 0 Å². The zero-order valence-electron chi connectivity index (χ0n) is 8.21. The largest absolute Gasteiger partial charge is 0.384 e. The van der Waals surface area contributed by atoms with Crippen molar-refractivity contribution in [1.29, 1.82) is 0 Å². The van der Waals surface area contributed by atoms with Crippen molar-refractivity contribution in [3.63, 3.8) is 0 Å². The van der Waals surface area contributed by atoms with Crippen LogP contribution in [0.1, 0.15) is 12.6 Å². The van der Waals surface area contributed by atoms with E-state index in [1.54, 1.807) is 13.4 Å². The number of imidazole rings is 1. The van der Waals surface area contributed by atoms with Crippen LogP contribution in [-0.2, 0) is 11.3 Å². The van der Waals surface area contributed by atoms with E-state index in [2.05, 4.69) is 22.2 Å². The molecule has 2 N–H and O–H groups in total. The summed E-state index contributed by atoms with van der Waals surface area (Å²) < 4.78 is 5.03. The summed E-state index contributed by atoms with van der Waals surface area (Å²) in [5.74, 6) is 0.549. The Morgan fingerprint density at radius 3 is 3.15 bits per heavy atom. The van der Waals surface area contributed by atoms with Crippen LogP contribution in [0.3, 0.4) is 0 Å². The molecule has 1 aromatic rings. The summed E-state index contributed by atoms with van der Waals surface area (Å²) >= 11 is 0. The van der Waals surface area contributed by atoms with Gasteiger partial charge in [-0.3, -0.25) is 0 Å². The molecule has 4 nitrogen and oxygen atoms in total. The summed E-state index contributed by atoms with van der Waals surface area (Å²) in [6, 6.07) is 0. The van der Waals surface area contributed by atoms with Gasteiger partial charge < -0.3 is 15.0 Å². The Kier molecular flexibility index (Phi) is 4.49. The molecule has 0 aliphatic carbocycles. The molecule has 0 spiro atoms. The molecule has 0 saturated carbocycles. The Hall–Kier alpha value is -0.870. The summed E-state index contributed by atoms with van der Waals surface area (Å²) in [6.07, 6.45) is 3.52. The molecule has 0 bridgehead atoms. The van der Waals surface area contributed by atoms with Crippen LogP contribution in [0.5, 0.6) is 0 Å². The van der Waals surface area contributed by atoms with E-state index in [9.17, 15) is 0 Å².